The van der Waals surface area contributed by atoms with Crippen molar-refractivity contribution in [2.45, 2.75) is 39.2 Å². The number of piperidine rings is 1. The van der Waals surface area contributed by atoms with Gasteiger partial charge >= 0.3 is 0 Å². The van der Waals surface area contributed by atoms with Crippen molar-refractivity contribution in [3.8, 4) is 0 Å². The van der Waals surface area contributed by atoms with Crippen molar-refractivity contribution in [1.29, 1.82) is 0 Å². The lowest BCUT2D eigenvalue weighted by Gasteiger charge is -2.35. The first-order chi connectivity index (χ1) is 12.6. The lowest BCUT2D eigenvalue weighted by Crippen LogP contribution is -2.40. The monoisotopic (exact) mass is 350 g/mol. The van der Waals surface area contributed by atoms with Gasteiger partial charge in [0.05, 0.1) is 17.3 Å². The van der Waals surface area contributed by atoms with Gasteiger partial charge in [-0.3, -0.25) is 14.7 Å². The molecule has 1 amide bonds. The summed E-state index contributed by atoms with van der Waals surface area (Å²) < 4.78 is 0. The second kappa shape index (κ2) is 6.44. The zero-order chi connectivity index (χ0) is 18.3. The first-order valence-corrected chi connectivity index (χ1v) is 8.99. The summed E-state index contributed by atoms with van der Waals surface area (Å²) in [5.41, 5.74) is 3.73. The SMILES string of the molecule is Cc1cc(C)c2[nH]cc(C(=O)N3CCCCC3c3ccn[nH]3)c(=O)c2c1. The summed E-state index contributed by atoms with van der Waals surface area (Å²) in [6, 6.07) is 5.71. The molecule has 134 valence electrons. The molecular formula is C20H22N4O2. The number of benzene rings is 1. The molecule has 3 heterocycles. The topological polar surface area (TPSA) is 81.8 Å². The van der Waals surface area contributed by atoms with Crippen LogP contribution in [0, 0.1) is 13.8 Å². The number of nitrogens with zero attached hydrogens (tertiary/aromatic N) is 2. The van der Waals surface area contributed by atoms with E-state index in [2.05, 4.69) is 15.2 Å². The van der Waals surface area contributed by atoms with Gasteiger partial charge in [-0.1, -0.05) is 6.07 Å². The minimum Gasteiger partial charge on any atom is -0.360 e. The van der Waals surface area contributed by atoms with Gasteiger partial charge in [-0.2, -0.15) is 5.10 Å². The van der Waals surface area contributed by atoms with Gasteiger partial charge in [0.2, 0.25) is 5.43 Å². The maximum absolute atomic E-state index is 13.2. The number of hydrogen-bond acceptors (Lipinski definition) is 3. The molecule has 1 atom stereocenters. The third-order valence-corrected chi connectivity index (χ3v) is 5.21. The zero-order valence-electron chi connectivity index (χ0n) is 15.0. The molecule has 4 rings (SSSR count). The Morgan fingerprint density at radius 1 is 1.27 bits per heavy atom. The summed E-state index contributed by atoms with van der Waals surface area (Å²) in [5, 5.41) is 7.56. The standard InChI is InChI=1S/C20H22N4O2/c1-12-9-13(2)18-14(10-12)19(25)15(11-21-18)20(26)24-8-4-3-5-17(24)16-6-7-22-23-16/h6-7,9-11,17H,3-5,8H2,1-2H3,(H,21,25)(H,22,23). The summed E-state index contributed by atoms with van der Waals surface area (Å²) in [7, 11) is 0. The first-order valence-electron chi connectivity index (χ1n) is 8.99. The number of carbonyl (C=O) groups is 1. The molecule has 0 bridgehead atoms. The van der Waals surface area contributed by atoms with E-state index in [1.54, 1.807) is 17.3 Å². The second-order valence-electron chi connectivity index (χ2n) is 7.06. The predicted octanol–water partition coefficient (Wildman–Crippen LogP) is 3.24. The number of hydrogen-bond donors (Lipinski definition) is 2. The number of aromatic amines is 2. The van der Waals surface area contributed by atoms with E-state index in [1.165, 1.54) is 0 Å². The fourth-order valence-corrected chi connectivity index (χ4v) is 3.96. The number of rotatable bonds is 2. The van der Waals surface area contributed by atoms with Gasteiger partial charge in [-0.25, -0.2) is 0 Å². The number of H-pyrrole nitrogens is 2. The van der Waals surface area contributed by atoms with Crippen LogP contribution in [0.1, 0.15) is 52.5 Å². The summed E-state index contributed by atoms with van der Waals surface area (Å²) in [4.78, 5) is 31.2. The highest BCUT2D eigenvalue weighted by molar-refractivity contribution is 5.98. The summed E-state index contributed by atoms with van der Waals surface area (Å²) >= 11 is 0. The van der Waals surface area contributed by atoms with E-state index in [-0.39, 0.29) is 22.9 Å². The quantitative estimate of drug-likeness (QED) is 0.744. The van der Waals surface area contributed by atoms with Crippen LogP contribution < -0.4 is 5.43 Å². The molecule has 2 aromatic heterocycles. The Bertz CT molecular complexity index is 1020. The van der Waals surface area contributed by atoms with Crippen LogP contribution >= 0.6 is 0 Å². The van der Waals surface area contributed by atoms with Gasteiger partial charge < -0.3 is 9.88 Å². The Morgan fingerprint density at radius 3 is 2.88 bits per heavy atom. The van der Waals surface area contributed by atoms with Crippen molar-refractivity contribution in [3.05, 3.63) is 63.2 Å². The van der Waals surface area contributed by atoms with Crippen LogP contribution in [-0.4, -0.2) is 32.5 Å². The number of aryl methyl sites for hydroxylation is 2. The number of likely N-dealkylation sites (tertiary alicyclic amines) is 1. The van der Waals surface area contributed by atoms with Gasteiger partial charge in [0.25, 0.3) is 5.91 Å². The molecule has 6 nitrogen and oxygen atoms in total. The number of nitrogens with one attached hydrogen (secondary N) is 2. The van der Waals surface area contributed by atoms with Crippen molar-refractivity contribution in [2.75, 3.05) is 6.54 Å². The third-order valence-electron chi connectivity index (χ3n) is 5.21. The van der Waals surface area contributed by atoms with Crippen LogP contribution in [0.2, 0.25) is 0 Å². The van der Waals surface area contributed by atoms with Crippen LogP contribution in [0.5, 0.6) is 0 Å². The lowest BCUT2D eigenvalue weighted by atomic mass is 9.98. The number of carbonyl (C=O) groups excluding carboxylic acids is 1. The van der Waals surface area contributed by atoms with Gasteiger partial charge in [-0.15, -0.1) is 0 Å². The Hall–Kier alpha value is -2.89. The predicted molar refractivity (Wildman–Crippen MR) is 100 cm³/mol. The van der Waals surface area contributed by atoms with Crippen molar-refractivity contribution < 1.29 is 4.79 Å². The van der Waals surface area contributed by atoms with E-state index in [1.807, 2.05) is 32.0 Å². The smallest absolute Gasteiger partial charge is 0.259 e. The average molecular weight is 350 g/mol. The van der Waals surface area contributed by atoms with E-state index < -0.39 is 0 Å². The molecule has 26 heavy (non-hydrogen) atoms. The minimum atomic E-state index is -0.216. The summed E-state index contributed by atoms with van der Waals surface area (Å²) in [5.74, 6) is -0.216. The fraction of sp³-hybridized carbons (Fsp3) is 0.350. The van der Waals surface area contributed by atoms with E-state index in [4.69, 9.17) is 0 Å². The van der Waals surface area contributed by atoms with Gasteiger partial charge in [0.15, 0.2) is 0 Å². The maximum atomic E-state index is 13.2. The van der Waals surface area contributed by atoms with Crippen LogP contribution in [0.25, 0.3) is 10.9 Å². The summed E-state index contributed by atoms with van der Waals surface area (Å²) in [6.45, 7) is 4.57. The Labute approximate surface area is 151 Å². The van der Waals surface area contributed by atoms with Crippen molar-refractivity contribution in [2.24, 2.45) is 0 Å². The van der Waals surface area contributed by atoms with E-state index in [0.717, 1.165) is 41.6 Å². The van der Waals surface area contributed by atoms with Crippen molar-refractivity contribution in [1.82, 2.24) is 20.1 Å². The molecule has 1 saturated heterocycles. The normalized spacial score (nSPS) is 17.6. The Morgan fingerprint density at radius 2 is 2.12 bits per heavy atom. The highest BCUT2D eigenvalue weighted by Gasteiger charge is 2.31. The van der Waals surface area contributed by atoms with Crippen LogP contribution in [0.4, 0.5) is 0 Å². The van der Waals surface area contributed by atoms with E-state index >= 15 is 0 Å². The number of aromatic nitrogens is 3. The van der Waals surface area contributed by atoms with Crippen LogP contribution in [-0.2, 0) is 0 Å². The maximum Gasteiger partial charge on any atom is 0.259 e. The third kappa shape index (κ3) is 2.71. The van der Waals surface area contributed by atoms with Gasteiger partial charge in [-0.05, 0) is 56.4 Å². The molecule has 1 unspecified atom stereocenters. The minimum absolute atomic E-state index is 0.0620. The van der Waals surface area contributed by atoms with Crippen LogP contribution in [0.15, 0.2) is 35.4 Å². The molecule has 0 spiro atoms. The van der Waals surface area contributed by atoms with E-state index in [0.29, 0.717) is 11.9 Å². The van der Waals surface area contributed by atoms with Gasteiger partial charge in [0, 0.05) is 24.3 Å². The zero-order valence-corrected chi connectivity index (χ0v) is 15.0. The number of amides is 1. The molecule has 1 fully saturated rings. The van der Waals surface area contributed by atoms with Gasteiger partial charge in [0.1, 0.15) is 5.56 Å². The molecule has 0 saturated carbocycles. The number of fused-ring (bicyclic) bond motifs is 1. The largest absolute Gasteiger partial charge is 0.360 e. The molecule has 6 heteroatoms. The first kappa shape index (κ1) is 16.6. The van der Waals surface area contributed by atoms with Crippen molar-refractivity contribution in [3.63, 3.8) is 0 Å². The fourth-order valence-electron chi connectivity index (χ4n) is 3.96. The molecular weight excluding hydrogens is 328 g/mol. The molecule has 2 N–H and O–H groups in total. The number of pyridine rings is 1. The molecule has 1 aromatic carbocycles. The highest BCUT2D eigenvalue weighted by atomic mass is 16.2. The molecule has 0 radical (unpaired) electrons. The van der Waals surface area contributed by atoms with Crippen molar-refractivity contribution >= 4 is 16.8 Å². The second-order valence-corrected chi connectivity index (χ2v) is 7.06. The molecule has 3 aromatic rings. The lowest BCUT2D eigenvalue weighted by molar-refractivity contribution is 0.0604. The molecule has 1 aliphatic rings. The Kier molecular flexibility index (Phi) is 4.11. The average Bonchev–Trinajstić information content (AvgIpc) is 3.16. The molecule has 1 aliphatic heterocycles. The Balaban J connectivity index is 1.78. The molecule has 0 aliphatic carbocycles. The summed E-state index contributed by atoms with van der Waals surface area (Å²) in [6.07, 6.45) is 6.13. The highest BCUT2D eigenvalue weighted by Crippen LogP contribution is 2.30. The van der Waals surface area contributed by atoms with Crippen LogP contribution in [0.3, 0.4) is 0 Å². The van der Waals surface area contributed by atoms with E-state index in [9.17, 15) is 9.59 Å².